The normalized spacial score (nSPS) is 16.7. The fourth-order valence-electron chi connectivity index (χ4n) is 4.54. The van der Waals surface area contributed by atoms with Crippen LogP contribution in [-0.4, -0.2) is 51.9 Å². The van der Waals surface area contributed by atoms with Gasteiger partial charge in [-0.05, 0) is 37.1 Å². The van der Waals surface area contributed by atoms with Crippen LogP contribution in [0.4, 0.5) is 10.1 Å². The number of ether oxygens (including phenoxy) is 1. The number of aromatic nitrogens is 3. The van der Waals surface area contributed by atoms with Gasteiger partial charge >= 0.3 is 5.97 Å². The zero-order chi connectivity index (χ0) is 21.8. The second kappa shape index (κ2) is 7.27. The van der Waals surface area contributed by atoms with Crippen molar-refractivity contribution in [3.05, 3.63) is 59.8 Å². The lowest BCUT2D eigenvalue weighted by molar-refractivity contribution is 0.0699. The molecule has 7 nitrogen and oxygen atoms in total. The van der Waals surface area contributed by atoms with Crippen molar-refractivity contribution in [1.29, 1.82) is 0 Å². The number of carboxylic acid groups (broad SMARTS) is 1. The Balaban J connectivity index is 1.67. The molecule has 1 N–H and O–H groups in total. The lowest BCUT2D eigenvalue weighted by Gasteiger charge is -2.29. The Morgan fingerprint density at radius 2 is 1.94 bits per heavy atom. The van der Waals surface area contributed by atoms with Gasteiger partial charge in [-0.3, -0.25) is 9.55 Å². The number of imidazole rings is 1. The number of carbonyl (C=O) groups is 1. The summed E-state index contributed by atoms with van der Waals surface area (Å²) in [5.41, 5.74) is 3.22. The van der Waals surface area contributed by atoms with Crippen LogP contribution in [0.25, 0.3) is 27.6 Å². The lowest BCUT2D eigenvalue weighted by Crippen LogP contribution is -2.36. The molecule has 6 rings (SSSR count). The van der Waals surface area contributed by atoms with E-state index < -0.39 is 5.97 Å². The Morgan fingerprint density at radius 3 is 2.69 bits per heavy atom. The summed E-state index contributed by atoms with van der Waals surface area (Å²) in [7, 11) is 0. The third-order valence-corrected chi connectivity index (χ3v) is 6.26. The molecule has 8 heteroatoms. The van der Waals surface area contributed by atoms with Crippen LogP contribution in [0.1, 0.15) is 34.9 Å². The maximum atomic E-state index is 14.5. The van der Waals surface area contributed by atoms with E-state index >= 15 is 0 Å². The predicted octanol–water partition coefficient (Wildman–Crippen LogP) is 4.13. The monoisotopic (exact) mass is 432 g/mol. The Labute approximate surface area is 183 Å². The molecule has 0 amide bonds. The Morgan fingerprint density at radius 1 is 1.12 bits per heavy atom. The van der Waals surface area contributed by atoms with E-state index in [-0.39, 0.29) is 22.8 Å². The SMILES string of the molecule is O=C(O)c1cc(N2CCOCC2)cc2c1nc(C1CC1)n2-c1ccnc2c(F)cccc12. The molecular formula is C24H21FN4O3. The molecule has 1 aliphatic carbocycles. The van der Waals surface area contributed by atoms with E-state index in [4.69, 9.17) is 9.72 Å². The highest BCUT2D eigenvalue weighted by atomic mass is 19.1. The van der Waals surface area contributed by atoms with E-state index in [0.29, 0.717) is 42.7 Å². The summed E-state index contributed by atoms with van der Waals surface area (Å²) in [6.45, 7) is 2.58. The van der Waals surface area contributed by atoms with Crippen LogP contribution in [0.2, 0.25) is 0 Å². The van der Waals surface area contributed by atoms with Crippen molar-refractivity contribution < 1.29 is 19.0 Å². The molecule has 0 unspecified atom stereocenters. The second-order valence-corrected chi connectivity index (χ2v) is 8.31. The van der Waals surface area contributed by atoms with Crippen molar-refractivity contribution in [3.8, 4) is 5.69 Å². The molecule has 32 heavy (non-hydrogen) atoms. The number of aromatic carboxylic acids is 1. The van der Waals surface area contributed by atoms with Gasteiger partial charge < -0.3 is 14.7 Å². The predicted molar refractivity (Wildman–Crippen MR) is 118 cm³/mol. The molecule has 4 aromatic rings. The summed E-state index contributed by atoms with van der Waals surface area (Å²) in [6, 6.07) is 10.4. The van der Waals surface area contributed by atoms with Crippen LogP contribution in [-0.2, 0) is 4.74 Å². The number of nitrogens with zero attached hydrogens (tertiary/aromatic N) is 4. The molecule has 0 spiro atoms. The van der Waals surface area contributed by atoms with Crippen molar-refractivity contribution in [2.75, 3.05) is 31.2 Å². The average Bonchev–Trinajstić information content (AvgIpc) is 3.59. The number of fused-ring (bicyclic) bond motifs is 2. The van der Waals surface area contributed by atoms with Gasteiger partial charge in [0, 0.05) is 36.3 Å². The molecule has 1 aliphatic heterocycles. The van der Waals surface area contributed by atoms with Crippen LogP contribution in [0, 0.1) is 5.82 Å². The molecule has 3 heterocycles. The largest absolute Gasteiger partial charge is 0.478 e. The molecule has 1 saturated heterocycles. The van der Waals surface area contributed by atoms with Gasteiger partial charge in [0.05, 0.1) is 30.0 Å². The first-order chi connectivity index (χ1) is 15.6. The van der Waals surface area contributed by atoms with Crippen LogP contribution < -0.4 is 4.90 Å². The number of hydrogen-bond donors (Lipinski definition) is 1. The Kier molecular flexibility index (Phi) is 4.36. The van der Waals surface area contributed by atoms with Gasteiger partial charge in [-0.2, -0.15) is 0 Å². The number of para-hydroxylation sites is 1. The standard InChI is InChI=1S/C24H21FN4O3/c25-18-3-1-2-16-19(6-7-26-21(16)18)29-20-13-15(28-8-10-32-11-9-28)12-17(24(30)31)22(20)27-23(29)14-4-5-14/h1-3,6-7,12-14H,4-5,8-11H2,(H,30,31). The number of benzene rings is 2. The molecule has 2 aromatic carbocycles. The minimum absolute atomic E-state index is 0.175. The highest BCUT2D eigenvalue weighted by molar-refractivity contribution is 6.04. The molecule has 2 aromatic heterocycles. The molecular weight excluding hydrogens is 411 g/mol. The van der Waals surface area contributed by atoms with E-state index in [1.54, 1.807) is 18.3 Å². The molecule has 0 bridgehead atoms. The molecule has 2 aliphatic rings. The van der Waals surface area contributed by atoms with Gasteiger partial charge in [-0.25, -0.2) is 14.2 Å². The van der Waals surface area contributed by atoms with Gasteiger partial charge in [-0.15, -0.1) is 0 Å². The third kappa shape index (κ3) is 3.02. The lowest BCUT2D eigenvalue weighted by atomic mass is 10.1. The summed E-state index contributed by atoms with van der Waals surface area (Å²) < 4.78 is 22.0. The van der Waals surface area contributed by atoms with E-state index in [0.717, 1.165) is 30.0 Å². The molecule has 0 radical (unpaired) electrons. The Hall–Kier alpha value is -3.52. The number of hydrogen-bond acceptors (Lipinski definition) is 5. The van der Waals surface area contributed by atoms with Gasteiger partial charge in [0.25, 0.3) is 0 Å². The van der Waals surface area contributed by atoms with Gasteiger partial charge in [0.2, 0.25) is 0 Å². The van der Waals surface area contributed by atoms with Gasteiger partial charge in [0.1, 0.15) is 22.7 Å². The van der Waals surface area contributed by atoms with Gasteiger partial charge in [-0.1, -0.05) is 12.1 Å². The number of halogens is 1. The number of pyridine rings is 1. The zero-order valence-corrected chi connectivity index (χ0v) is 17.3. The minimum atomic E-state index is -1.01. The van der Waals surface area contributed by atoms with E-state index in [2.05, 4.69) is 9.88 Å². The maximum absolute atomic E-state index is 14.5. The van der Waals surface area contributed by atoms with E-state index in [9.17, 15) is 14.3 Å². The highest BCUT2D eigenvalue weighted by Crippen LogP contribution is 2.43. The van der Waals surface area contributed by atoms with Crippen LogP contribution in [0.5, 0.6) is 0 Å². The first-order valence-corrected chi connectivity index (χ1v) is 10.8. The van der Waals surface area contributed by atoms with Crippen molar-refractivity contribution >= 4 is 33.6 Å². The second-order valence-electron chi connectivity index (χ2n) is 8.31. The zero-order valence-electron chi connectivity index (χ0n) is 17.3. The summed E-state index contributed by atoms with van der Waals surface area (Å²) in [5, 5.41) is 10.7. The summed E-state index contributed by atoms with van der Waals surface area (Å²) >= 11 is 0. The van der Waals surface area contributed by atoms with Crippen molar-refractivity contribution in [3.63, 3.8) is 0 Å². The minimum Gasteiger partial charge on any atom is -0.478 e. The summed E-state index contributed by atoms with van der Waals surface area (Å²) in [4.78, 5) is 23.4. The van der Waals surface area contributed by atoms with Crippen molar-refractivity contribution in [2.24, 2.45) is 0 Å². The van der Waals surface area contributed by atoms with Crippen LogP contribution >= 0.6 is 0 Å². The first-order valence-electron chi connectivity index (χ1n) is 10.8. The number of rotatable bonds is 4. The van der Waals surface area contributed by atoms with Gasteiger partial charge in [0.15, 0.2) is 0 Å². The highest BCUT2D eigenvalue weighted by Gasteiger charge is 2.32. The van der Waals surface area contributed by atoms with Crippen molar-refractivity contribution in [2.45, 2.75) is 18.8 Å². The fraction of sp³-hybridized carbons (Fsp3) is 0.292. The molecule has 162 valence electrons. The Bertz CT molecular complexity index is 1370. The number of anilines is 1. The fourth-order valence-corrected chi connectivity index (χ4v) is 4.54. The third-order valence-electron chi connectivity index (χ3n) is 6.26. The first kappa shape index (κ1) is 19.2. The summed E-state index contributed by atoms with van der Waals surface area (Å²) in [5.74, 6) is -0.323. The number of carboxylic acids is 1. The van der Waals surface area contributed by atoms with E-state index in [1.807, 2.05) is 22.8 Å². The topological polar surface area (TPSA) is 80.5 Å². The van der Waals surface area contributed by atoms with Crippen molar-refractivity contribution in [1.82, 2.24) is 14.5 Å². The van der Waals surface area contributed by atoms with Crippen LogP contribution in [0.15, 0.2) is 42.6 Å². The smallest absolute Gasteiger partial charge is 0.338 e. The van der Waals surface area contributed by atoms with E-state index in [1.165, 1.54) is 6.07 Å². The molecule has 2 fully saturated rings. The molecule has 0 atom stereocenters. The van der Waals surface area contributed by atoms with Crippen LogP contribution in [0.3, 0.4) is 0 Å². The molecule has 1 saturated carbocycles. The quantitative estimate of drug-likeness (QED) is 0.522. The average molecular weight is 432 g/mol. The maximum Gasteiger partial charge on any atom is 0.338 e. The number of morpholine rings is 1. The summed E-state index contributed by atoms with van der Waals surface area (Å²) in [6.07, 6.45) is 3.59.